The predicted octanol–water partition coefficient (Wildman–Crippen LogP) is 4.28. The number of allylic oxidation sites excluding steroid dienone is 1. The van der Waals surface area contributed by atoms with Crippen LogP contribution in [0.1, 0.15) is 63.6 Å². The molecule has 33 heavy (non-hydrogen) atoms. The summed E-state index contributed by atoms with van der Waals surface area (Å²) in [5.41, 5.74) is 6.81. The molecule has 0 saturated heterocycles. The average Bonchev–Trinajstić information content (AvgIpc) is 2.99. The van der Waals surface area contributed by atoms with Crippen molar-refractivity contribution in [2.45, 2.75) is 38.1 Å². The van der Waals surface area contributed by atoms with Crippen LogP contribution in [0.2, 0.25) is 0 Å². The molecule has 1 aromatic heterocycles. The molecule has 3 aromatic rings. The van der Waals surface area contributed by atoms with E-state index in [4.69, 9.17) is 0 Å². The summed E-state index contributed by atoms with van der Waals surface area (Å²) >= 11 is 0. The van der Waals surface area contributed by atoms with Gasteiger partial charge in [0.25, 0.3) is 5.91 Å². The Balaban J connectivity index is 1.66. The summed E-state index contributed by atoms with van der Waals surface area (Å²) in [5, 5.41) is 2.28. The molecule has 3 heterocycles. The second kappa shape index (κ2) is 8.07. The number of carbonyl (C=O) groups is 1. The number of aryl methyl sites for hydroxylation is 2. The van der Waals surface area contributed by atoms with Crippen LogP contribution in [-0.2, 0) is 12.8 Å². The molecular weight excluding hydrogens is 410 g/mol. The molecule has 0 radical (unpaired) electrons. The number of benzene rings is 2. The molecule has 0 N–H and O–H groups in total. The van der Waals surface area contributed by atoms with Crippen molar-refractivity contribution in [3.63, 3.8) is 0 Å². The van der Waals surface area contributed by atoms with Gasteiger partial charge < -0.3 is 4.90 Å². The van der Waals surface area contributed by atoms with Crippen LogP contribution in [0.15, 0.2) is 71.7 Å². The monoisotopic (exact) mass is 437 g/mol. The number of amides is 1. The van der Waals surface area contributed by atoms with Crippen molar-refractivity contribution in [1.29, 1.82) is 0 Å². The van der Waals surface area contributed by atoms with Crippen LogP contribution in [-0.4, -0.2) is 28.7 Å². The van der Waals surface area contributed by atoms with Gasteiger partial charge in [-0.1, -0.05) is 54.6 Å². The van der Waals surface area contributed by atoms with E-state index in [0.717, 1.165) is 32.1 Å². The zero-order valence-electron chi connectivity index (χ0n) is 18.6. The third-order valence-electron chi connectivity index (χ3n) is 7.17. The van der Waals surface area contributed by atoms with Gasteiger partial charge in [-0.3, -0.25) is 19.3 Å². The molecule has 2 aromatic carbocycles. The SMILES string of the molecule is O=C1c2cc(=O)ccn2N2CN1CCCC/C=C\c1cccc3c1[C@H]2c1ccccc1CC3. The minimum atomic E-state index is -0.136. The van der Waals surface area contributed by atoms with Gasteiger partial charge in [0.2, 0.25) is 0 Å². The second-order valence-corrected chi connectivity index (χ2v) is 9.16. The second-order valence-electron chi connectivity index (χ2n) is 9.16. The summed E-state index contributed by atoms with van der Waals surface area (Å²) in [4.78, 5) is 27.5. The van der Waals surface area contributed by atoms with Crippen LogP contribution in [0.5, 0.6) is 0 Å². The summed E-state index contributed by atoms with van der Waals surface area (Å²) in [5.74, 6) is -0.0630. The van der Waals surface area contributed by atoms with Crippen LogP contribution < -0.4 is 10.4 Å². The van der Waals surface area contributed by atoms with Gasteiger partial charge in [-0.05, 0) is 59.9 Å². The first-order valence-electron chi connectivity index (χ1n) is 11.9. The van der Waals surface area contributed by atoms with E-state index in [2.05, 4.69) is 59.6 Å². The van der Waals surface area contributed by atoms with Gasteiger partial charge in [0, 0.05) is 24.9 Å². The molecule has 1 amide bonds. The minimum Gasteiger partial charge on any atom is -0.318 e. The van der Waals surface area contributed by atoms with Crippen molar-refractivity contribution >= 4 is 12.0 Å². The van der Waals surface area contributed by atoms with Crippen molar-refractivity contribution in [3.8, 4) is 0 Å². The third-order valence-corrected chi connectivity index (χ3v) is 7.17. The highest BCUT2D eigenvalue weighted by Crippen LogP contribution is 2.39. The van der Waals surface area contributed by atoms with Gasteiger partial charge >= 0.3 is 0 Å². The van der Waals surface area contributed by atoms with Crippen LogP contribution in [0.25, 0.3) is 6.08 Å². The lowest BCUT2D eigenvalue weighted by molar-refractivity contribution is 0.0682. The molecule has 0 saturated carbocycles. The Morgan fingerprint density at radius 1 is 0.879 bits per heavy atom. The van der Waals surface area contributed by atoms with Crippen LogP contribution in [0, 0.1) is 0 Å². The Labute approximate surface area is 193 Å². The first kappa shape index (κ1) is 20.0. The predicted molar refractivity (Wildman–Crippen MR) is 130 cm³/mol. The smallest absolute Gasteiger partial charge is 0.274 e. The zero-order chi connectivity index (χ0) is 22.4. The molecule has 5 nitrogen and oxygen atoms in total. The standard InChI is InChI=1S/C28H27N3O2/c32-23-15-17-30-25(18-23)28(33)29-16-6-2-1-3-9-21-10-7-11-22-14-13-20-8-4-5-12-24(20)27(26(21)22)31(30)19-29/h3-5,7-12,15,17-18,27H,1-2,6,13-14,16,19H2/b9-3-/t27-/m1/s1. The first-order chi connectivity index (χ1) is 16.2. The molecule has 2 aliphatic heterocycles. The average molecular weight is 438 g/mol. The van der Waals surface area contributed by atoms with E-state index in [-0.39, 0.29) is 17.4 Å². The fraction of sp³-hybridized carbons (Fsp3) is 0.286. The lowest BCUT2D eigenvalue weighted by atomic mass is 9.89. The zero-order valence-corrected chi connectivity index (χ0v) is 18.6. The molecule has 0 spiro atoms. The Morgan fingerprint density at radius 3 is 2.67 bits per heavy atom. The molecule has 0 fully saturated rings. The maximum atomic E-state index is 13.4. The Morgan fingerprint density at radius 2 is 1.73 bits per heavy atom. The Bertz CT molecular complexity index is 1320. The molecule has 5 heteroatoms. The Kier molecular flexibility index (Phi) is 4.90. The quantitative estimate of drug-likeness (QED) is 0.527. The molecule has 0 unspecified atom stereocenters. The molecular formula is C28H27N3O2. The van der Waals surface area contributed by atoms with E-state index in [9.17, 15) is 9.59 Å². The fourth-order valence-electron chi connectivity index (χ4n) is 5.57. The van der Waals surface area contributed by atoms with E-state index in [1.807, 2.05) is 9.58 Å². The van der Waals surface area contributed by atoms with Crippen molar-refractivity contribution in [3.05, 3.63) is 111 Å². The maximum absolute atomic E-state index is 13.4. The number of aromatic nitrogens is 1. The van der Waals surface area contributed by atoms with Crippen molar-refractivity contribution in [2.24, 2.45) is 0 Å². The number of hydrogen-bond donors (Lipinski definition) is 0. The van der Waals surface area contributed by atoms with Crippen LogP contribution in [0.3, 0.4) is 0 Å². The molecule has 2 bridgehead atoms. The largest absolute Gasteiger partial charge is 0.318 e. The highest BCUT2D eigenvalue weighted by molar-refractivity contribution is 5.93. The summed E-state index contributed by atoms with van der Waals surface area (Å²) in [6.07, 6.45) is 11.3. The first-order valence-corrected chi connectivity index (χ1v) is 11.9. The molecule has 1 aliphatic carbocycles. The highest BCUT2D eigenvalue weighted by Gasteiger charge is 2.37. The van der Waals surface area contributed by atoms with Gasteiger partial charge in [-0.25, -0.2) is 0 Å². The topological polar surface area (TPSA) is 45.6 Å². The van der Waals surface area contributed by atoms with Gasteiger partial charge in [0.1, 0.15) is 12.4 Å². The Hall–Kier alpha value is -3.60. The fourth-order valence-corrected chi connectivity index (χ4v) is 5.57. The van der Waals surface area contributed by atoms with E-state index < -0.39 is 0 Å². The van der Waals surface area contributed by atoms with Crippen molar-refractivity contribution in [1.82, 2.24) is 9.58 Å². The van der Waals surface area contributed by atoms with E-state index in [1.165, 1.54) is 33.9 Å². The van der Waals surface area contributed by atoms with E-state index in [1.54, 1.807) is 12.3 Å². The molecule has 3 aliphatic rings. The normalized spacial score (nSPS) is 20.5. The van der Waals surface area contributed by atoms with Gasteiger partial charge in [-0.2, -0.15) is 0 Å². The van der Waals surface area contributed by atoms with Crippen LogP contribution >= 0.6 is 0 Å². The van der Waals surface area contributed by atoms with Gasteiger partial charge in [0.05, 0.1) is 6.04 Å². The number of nitrogens with zero attached hydrogens (tertiary/aromatic N) is 3. The molecule has 6 rings (SSSR count). The number of pyridine rings is 1. The molecule has 166 valence electrons. The van der Waals surface area contributed by atoms with Gasteiger partial charge in [-0.15, -0.1) is 0 Å². The lowest BCUT2D eigenvalue weighted by Crippen LogP contribution is -2.55. The summed E-state index contributed by atoms with van der Waals surface area (Å²) < 4.78 is 1.92. The number of carbonyl (C=O) groups excluding carboxylic acids is 1. The number of rotatable bonds is 0. The van der Waals surface area contributed by atoms with Crippen molar-refractivity contribution in [2.75, 3.05) is 18.2 Å². The highest BCUT2D eigenvalue weighted by atomic mass is 16.2. The summed E-state index contributed by atoms with van der Waals surface area (Å²) in [6, 6.07) is 18.3. The van der Waals surface area contributed by atoms with E-state index in [0.29, 0.717) is 18.9 Å². The van der Waals surface area contributed by atoms with Crippen LogP contribution in [0.4, 0.5) is 0 Å². The van der Waals surface area contributed by atoms with Crippen molar-refractivity contribution < 1.29 is 4.79 Å². The molecule has 1 atom stereocenters. The number of fused-ring (bicyclic) bond motifs is 7. The van der Waals surface area contributed by atoms with Gasteiger partial charge in [0.15, 0.2) is 5.43 Å². The third kappa shape index (κ3) is 3.39. The van der Waals surface area contributed by atoms with E-state index >= 15 is 0 Å². The lowest BCUT2D eigenvalue weighted by Gasteiger charge is -2.44. The number of hydrogen-bond acceptors (Lipinski definition) is 3. The minimum absolute atomic E-state index is 0.0594. The summed E-state index contributed by atoms with van der Waals surface area (Å²) in [6.45, 7) is 1.18. The maximum Gasteiger partial charge on any atom is 0.274 e. The summed E-state index contributed by atoms with van der Waals surface area (Å²) in [7, 11) is 0.